The van der Waals surface area contributed by atoms with Crippen LogP contribution in [0.5, 0.6) is 0 Å². The van der Waals surface area contributed by atoms with Crippen molar-refractivity contribution in [2.75, 3.05) is 24.6 Å². The van der Waals surface area contributed by atoms with Crippen LogP contribution in [0.4, 0.5) is 14.6 Å². The second-order valence-corrected chi connectivity index (χ2v) is 7.30. The van der Waals surface area contributed by atoms with E-state index in [0.29, 0.717) is 31.8 Å². The number of carbonyl (C=O) groups excluding carboxylic acids is 1. The topological polar surface area (TPSA) is 60.2 Å². The number of rotatable bonds is 5. The number of hydrogen-bond donors (Lipinski definition) is 0. The van der Waals surface area contributed by atoms with Gasteiger partial charge in [0.05, 0.1) is 36.7 Å². The predicted molar refractivity (Wildman–Crippen MR) is 95.1 cm³/mol. The lowest BCUT2D eigenvalue weighted by molar-refractivity contribution is 0.0526. The molecule has 2 aromatic rings. The second kappa shape index (κ2) is 6.28. The summed E-state index contributed by atoms with van der Waals surface area (Å²) in [5.41, 5.74) is 3.28. The molecule has 2 fully saturated rings. The number of aromatic nitrogens is 3. The number of hydrogen-bond acceptors (Lipinski definition) is 5. The van der Waals surface area contributed by atoms with Gasteiger partial charge in [-0.05, 0) is 38.0 Å². The molecular weight excluding hydrogens is 354 g/mol. The van der Waals surface area contributed by atoms with E-state index >= 15 is 0 Å². The molecule has 1 aliphatic heterocycles. The Balaban J connectivity index is 1.49. The Morgan fingerprint density at radius 3 is 2.67 bits per heavy atom. The van der Waals surface area contributed by atoms with Gasteiger partial charge in [0.25, 0.3) is 5.92 Å². The standard InChI is InChI=1S/C19H22F2N4O2/c1-4-27-18(26)13-6-22-25(7-13)8-14-11(2)5-17(23-12(14)3)24-9-15-16(10-24)19(15,20)21/h5-7,15-16H,4,8-10H2,1-3H3. The molecule has 8 heteroatoms. The molecule has 2 atom stereocenters. The highest BCUT2D eigenvalue weighted by Crippen LogP contribution is 2.59. The van der Waals surface area contributed by atoms with Crippen molar-refractivity contribution in [1.82, 2.24) is 14.8 Å². The van der Waals surface area contributed by atoms with Crippen LogP contribution in [0.2, 0.25) is 0 Å². The minimum atomic E-state index is -2.49. The highest BCUT2D eigenvalue weighted by atomic mass is 19.3. The number of nitrogens with zero attached hydrogens (tertiary/aromatic N) is 4. The molecule has 2 aromatic heterocycles. The van der Waals surface area contributed by atoms with Gasteiger partial charge in [0.15, 0.2) is 0 Å². The number of carbonyl (C=O) groups is 1. The number of esters is 1. The number of anilines is 1. The zero-order valence-corrected chi connectivity index (χ0v) is 15.6. The Hall–Kier alpha value is -2.51. The van der Waals surface area contributed by atoms with Crippen molar-refractivity contribution >= 4 is 11.8 Å². The zero-order valence-electron chi connectivity index (χ0n) is 15.6. The van der Waals surface area contributed by atoms with Gasteiger partial charge in [-0.15, -0.1) is 0 Å². The SMILES string of the molecule is CCOC(=O)c1cnn(Cc2c(C)cc(N3CC4C(C3)C4(F)F)nc2C)c1. The Kier molecular flexibility index (Phi) is 4.16. The van der Waals surface area contributed by atoms with E-state index in [4.69, 9.17) is 4.74 Å². The lowest BCUT2D eigenvalue weighted by atomic mass is 10.1. The van der Waals surface area contributed by atoms with Crippen molar-refractivity contribution in [1.29, 1.82) is 0 Å². The lowest BCUT2D eigenvalue weighted by Crippen LogP contribution is -2.28. The van der Waals surface area contributed by atoms with Crippen molar-refractivity contribution in [3.8, 4) is 0 Å². The maximum absolute atomic E-state index is 13.4. The molecule has 144 valence electrons. The lowest BCUT2D eigenvalue weighted by Gasteiger charge is -2.23. The first-order chi connectivity index (χ1) is 12.8. The van der Waals surface area contributed by atoms with Crippen LogP contribution in [0.1, 0.15) is 34.1 Å². The largest absolute Gasteiger partial charge is 0.462 e. The Labute approximate surface area is 156 Å². The minimum Gasteiger partial charge on any atom is -0.462 e. The van der Waals surface area contributed by atoms with Crippen molar-refractivity contribution in [3.05, 3.63) is 40.8 Å². The Bertz CT molecular complexity index is 859. The van der Waals surface area contributed by atoms with E-state index in [1.165, 1.54) is 6.20 Å². The van der Waals surface area contributed by atoms with Crippen molar-refractivity contribution in [2.24, 2.45) is 11.8 Å². The molecule has 0 bridgehead atoms. The molecule has 1 saturated carbocycles. The predicted octanol–water partition coefficient (Wildman–Crippen LogP) is 2.82. The van der Waals surface area contributed by atoms with E-state index < -0.39 is 23.7 Å². The molecule has 27 heavy (non-hydrogen) atoms. The zero-order chi connectivity index (χ0) is 19.3. The van der Waals surface area contributed by atoms with Gasteiger partial charge < -0.3 is 9.64 Å². The Morgan fingerprint density at radius 2 is 2.04 bits per heavy atom. The summed E-state index contributed by atoms with van der Waals surface area (Å²) in [4.78, 5) is 18.3. The summed E-state index contributed by atoms with van der Waals surface area (Å²) >= 11 is 0. The van der Waals surface area contributed by atoms with Gasteiger partial charge in [0, 0.05) is 25.0 Å². The average Bonchev–Trinajstić information content (AvgIpc) is 3.07. The number of halogens is 2. The molecule has 1 saturated heterocycles. The first kappa shape index (κ1) is 17.9. The molecular formula is C19H22F2N4O2. The van der Waals surface area contributed by atoms with Crippen LogP contribution in [0.15, 0.2) is 18.5 Å². The summed E-state index contributed by atoms with van der Waals surface area (Å²) in [5.74, 6) is -3.17. The van der Waals surface area contributed by atoms with Gasteiger partial charge >= 0.3 is 5.97 Å². The highest BCUT2D eigenvalue weighted by molar-refractivity contribution is 5.88. The van der Waals surface area contributed by atoms with Crippen LogP contribution in [-0.2, 0) is 11.3 Å². The van der Waals surface area contributed by atoms with Crippen LogP contribution < -0.4 is 4.90 Å². The maximum Gasteiger partial charge on any atom is 0.341 e. The van der Waals surface area contributed by atoms with Crippen LogP contribution in [0.3, 0.4) is 0 Å². The summed E-state index contributed by atoms with van der Waals surface area (Å²) < 4.78 is 33.5. The molecule has 0 radical (unpaired) electrons. The van der Waals surface area contributed by atoms with E-state index in [0.717, 1.165) is 22.6 Å². The fourth-order valence-electron chi connectivity index (χ4n) is 3.87. The fourth-order valence-corrected chi connectivity index (χ4v) is 3.87. The molecule has 6 nitrogen and oxygen atoms in total. The van der Waals surface area contributed by atoms with E-state index in [2.05, 4.69) is 10.1 Å². The second-order valence-electron chi connectivity index (χ2n) is 7.30. The van der Waals surface area contributed by atoms with Gasteiger partial charge in [0.1, 0.15) is 5.82 Å². The monoisotopic (exact) mass is 376 g/mol. The third-order valence-corrected chi connectivity index (χ3v) is 5.53. The number of pyridine rings is 1. The molecule has 1 aliphatic carbocycles. The van der Waals surface area contributed by atoms with Crippen molar-refractivity contribution in [3.63, 3.8) is 0 Å². The van der Waals surface area contributed by atoms with E-state index in [1.807, 2.05) is 24.8 Å². The van der Waals surface area contributed by atoms with E-state index in [1.54, 1.807) is 17.8 Å². The van der Waals surface area contributed by atoms with Gasteiger partial charge in [-0.25, -0.2) is 18.6 Å². The molecule has 0 aromatic carbocycles. The van der Waals surface area contributed by atoms with Gasteiger partial charge in [0.2, 0.25) is 0 Å². The fraction of sp³-hybridized carbons (Fsp3) is 0.526. The number of piperidine rings is 1. The molecule has 0 amide bonds. The van der Waals surface area contributed by atoms with Crippen LogP contribution in [0, 0.1) is 25.7 Å². The number of fused-ring (bicyclic) bond motifs is 1. The summed E-state index contributed by atoms with van der Waals surface area (Å²) in [6.07, 6.45) is 3.14. The average molecular weight is 376 g/mol. The van der Waals surface area contributed by atoms with Gasteiger partial charge in [-0.2, -0.15) is 5.10 Å². The quantitative estimate of drug-likeness (QED) is 0.751. The summed E-state index contributed by atoms with van der Waals surface area (Å²) in [5, 5.41) is 4.22. The molecule has 0 N–H and O–H groups in total. The number of aryl methyl sites for hydroxylation is 2. The van der Waals surface area contributed by atoms with Crippen molar-refractivity contribution in [2.45, 2.75) is 33.2 Å². The van der Waals surface area contributed by atoms with Crippen LogP contribution >= 0.6 is 0 Å². The number of alkyl halides is 2. The normalized spacial score (nSPS) is 22.6. The molecule has 0 spiro atoms. The smallest absolute Gasteiger partial charge is 0.341 e. The van der Waals surface area contributed by atoms with E-state index in [9.17, 15) is 13.6 Å². The first-order valence-electron chi connectivity index (χ1n) is 9.10. The maximum atomic E-state index is 13.4. The molecule has 2 aliphatic rings. The first-order valence-corrected chi connectivity index (χ1v) is 9.10. The van der Waals surface area contributed by atoms with Gasteiger partial charge in [-0.1, -0.05) is 0 Å². The van der Waals surface area contributed by atoms with Crippen molar-refractivity contribution < 1.29 is 18.3 Å². The van der Waals surface area contributed by atoms with Crippen LogP contribution in [0.25, 0.3) is 0 Å². The van der Waals surface area contributed by atoms with Crippen LogP contribution in [-0.4, -0.2) is 46.4 Å². The highest BCUT2D eigenvalue weighted by Gasteiger charge is 2.71. The third-order valence-electron chi connectivity index (χ3n) is 5.53. The molecule has 3 heterocycles. The summed E-state index contributed by atoms with van der Waals surface area (Å²) in [6.45, 7) is 7.18. The van der Waals surface area contributed by atoms with E-state index in [-0.39, 0.29) is 0 Å². The summed E-state index contributed by atoms with van der Waals surface area (Å²) in [6, 6.07) is 1.95. The summed E-state index contributed by atoms with van der Waals surface area (Å²) in [7, 11) is 0. The van der Waals surface area contributed by atoms with Gasteiger partial charge in [-0.3, -0.25) is 4.68 Å². The third kappa shape index (κ3) is 3.07. The molecule has 4 rings (SSSR count). The molecule has 2 unspecified atom stereocenters. The number of ether oxygens (including phenoxy) is 1. The minimum absolute atomic E-state index is 0.317. The Morgan fingerprint density at radius 1 is 1.33 bits per heavy atom.